The zero-order valence-electron chi connectivity index (χ0n) is 13.1. The van der Waals surface area contributed by atoms with Gasteiger partial charge < -0.3 is 10.1 Å². The van der Waals surface area contributed by atoms with Crippen molar-refractivity contribution in [3.05, 3.63) is 0 Å². The molecule has 120 valence electrons. The number of hydrogen-bond donors (Lipinski definition) is 2. The highest BCUT2D eigenvalue weighted by Gasteiger charge is 2.28. The van der Waals surface area contributed by atoms with Crippen molar-refractivity contribution >= 4 is 10.2 Å². The van der Waals surface area contributed by atoms with Gasteiger partial charge in [-0.05, 0) is 46.1 Å². The molecular formula is C13H29N3O3S. The van der Waals surface area contributed by atoms with E-state index < -0.39 is 10.2 Å². The van der Waals surface area contributed by atoms with Crippen molar-refractivity contribution in [1.82, 2.24) is 14.3 Å². The van der Waals surface area contributed by atoms with Gasteiger partial charge in [0.25, 0.3) is 10.2 Å². The van der Waals surface area contributed by atoms with Crippen LogP contribution in [0.25, 0.3) is 0 Å². The molecule has 0 radical (unpaired) electrons. The monoisotopic (exact) mass is 307 g/mol. The van der Waals surface area contributed by atoms with Gasteiger partial charge in [-0.15, -0.1) is 0 Å². The summed E-state index contributed by atoms with van der Waals surface area (Å²) in [6.07, 6.45) is 1.99. The molecule has 1 fully saturated rings. The Labute approximate surface area is 123 Å². The van der Waals surface area contributed by atoms with E-state index in [1.54, 1.807) is 11.4 Å². The Morgan fingerprint density at radius 3 is 2.65 bits per heavy atom. The standard InChI is InChI=1S/C13H29N3O3S/c1-13(2,3)14-10-12-6-5-8-16(11-12)20(17,18)15-7-9-19-4/h12,14-15H,5-11H2,1-4H3. The number of hydrogen-bond acceptors (Lipinski definition) is 4. The summed E-state index contributed by atoms with van der Waals surface area (Å²) in [6.45, 7) is 9.12. The lowest BCUT2D eigenvalue weighted by molar-refractivity contribution is 0.202. The Balaban J connectivity index is 2.47. The van der Waals surface area contributed by atoms with Gasteiger partial charge in [-0.3, -0.25) is 0 Å². The van der Waals surface area contributed by atoms with Crippen LogP contribution in [0.4, 0.5) is 0 Å². The number of ether oxygens (including phenoxy) is 1. The second-order valence-corrected chi connectivity index (χ2v) is 8.14. The van der Waals surface area contributed by atoms with E-state index in [1.165, 1.54) is 0 Å². The van der Waals surface area contributed by atoms with E-state index in [9.17, 15) is 8.42 Å². The summed E-state index contributed by atoms with van der Waals surface area (Å²) in [6, 6.07) is 0. The Bertz CT molecular complexity index is 379. The van der Waals surface area contributed by atoms with Gasteiger partial charge in [-0.1, -0.05) is 0 Å². The zero-order chi connectivity index (χ0) is 15.2. The van der Waals surface area contributed by atoms with E-state index >= 15 is 0 Å². The molecule has 1 aliphatic heterocycles. The highest BCUT2D eigenvalue weighted by molar-refractivity contribution is 7.87. The van der Waals surface area contributed by atoms with Crippen LogP contribution >= 0.6 is 0 Å². The van der Waals surface area contributed by atoms with Crippen LogP contribution in [0.15, 0.2) is 0 Å². The molecule has 1 saturated heterocycles. The maximum Gasteiger partial charge on any atom is 0.279 e. The highest BCUT2D eigenvalue weighted by Crippen LogP contribution is 2.18. The molecule has 0 aromatic heterocycles. The number of nitrogens with one attached hydrogen (secondary N) is 2. The van der Waals surface area contributed by atoms with Crippen LogP contribution in [0.3, 0.4) is 0 Å². The Kier molecular flexibility index (Phi) is 6.87. The molecule has 1 unspecified atom stereocenters. The van der Waals surface area contributed by atoms with Crippen LogP contribution in [0.2, 0.25) is 0 Å². The van der Waals surface area contributed by atoms with Gasteiger partial charge in [0.1, 0.15) is 0 Å². The summed E-state index contributed by atoms with van der Waals surface area (Å²) >= 11 is 0. The molecule has 0 aromatic carbocycles. The molecule has 2 N–H and O–H groups in total. The molecule has 7 heteroatoms. The lowest BCUT2D eigenvalue weighted by atomic mass is 9.98. The molecular weight excluding hydrogens is 278 g/mol. The minimum absolute atomic E-state index is 0.0673. The Hall–Kier alpha value is -0.210. The molecule has 0 bridgehead atoms. The third-order valence-electron chi connectivity index (χ3n) is 3.33. The molecule has 0 aromatic rings. The third kappa shape index (κ3) is 6.49. The van der Waals surface area contributed by atoms with E-state index in [0.717, 1.165) is 19.4 Å². The van der Waals surface area contributed by atoms with E-state index in [4.69, 9.17) is 4.74 Å². The molecule has 20 heavy (non-hydrogen) atoms. The lowest BCUT2D eigenvalue weighted by Crippen LogP contribution is -2.49. The van der Waals surface area contributed by atoms with Crippen LogP contribution in [0, 0.1) is 5.92 Å². The molecule has 0 spiro atoms. The highest BCUT2D eigenvalue weighted by atomic mass is 32.2. The summed E-state index contributed by atoms with van der Waals surface area (Å²) < 4.78 is 33.3. The van der Waals surface area contributed by atoms with E-state index in [1.807, 2.05) is 0 Å². The van der Waals surface area contributed by atoms with E-state index in [0.29, 0.717) is 32.2 Å². The summed E-state index contributed by atoms with van der Waals surface area (Å²) in [5.74, 6) is 0.377. The Morgan fingerprint density at radius 2 is 2.05 bits per heavy atom. The predicted molar refractivity (Wildman–Crippen MR) is 80.9 cm³/mol. The first-order chi connectivity index (χ1) is 9.24. The minimum Gasteiger partial charge on any atom is -0.383 e. The first kappa shape index (κ1) is 17.8. The van der Waals surface area contributed by atoms with E-state index in [-0.39, 0.29) is 5.54 Å². The van der Waals surface area contributed by atoms with Gasteiger partial charge >= 0.3 is 0 Å². The summed E-state index contributed by atoms with van der Waals surface area (Å²) in [5.41, 5.74) is 0.0673. The van der Waals surface area contributed by atoms with Gasteiger partial charge in [-0.25, -0.2) is 0 Å². The second kappa shape index (κ2) is 7.70. The molecule has 1 aliphatic rings. The second-order valence-electron chi connectivity index (χ2n) is 6.39. The third-order valence-corrected chi connectivity index (χ3v) is 4.91. The molecule has 0 saturated carbocycles. The molecule has 6 nitrogen and oxygen atoms in total. The van der Waals surface area contributed by atoms with Crippen LogP contribution in [-0.4, -0.2) is 58.2 Å². The SMILES string of the molecule is COCCNS(=O)(=O)N1CCCC(CNC(C)(C)C)C1. The van der Waals surface area contributed by atoms with Crippen LogP contribution in [-0.2, 0) is 14.9 Å². The number of rotatable bonds is 7. The van der Waals surface area contributed by atoms with Crippen molar-refractivity contribution in [2.45, 2.75) is 39.2 Å². The minimum atomic E-state index is -3.37. The van der Waals surface area contributed by atoms with Crippen LogP contribution in [0.5, 0.6) is 0 Å². The lowest BCUT2D eigenvalue weighted by Gasteiger charge is -2.33. The van der Waals surface area contributed by atoms with Crippen molar-refractivity contribution < 1.29 is 13.2 Å². The Morgan fingerprint density at radius 1 is 1.35 bits per heavy atom. The fourth-order valence-corrected chi connectivity index (χ4v) is 3.53. The zero-order valence-corrected chi connectivity index (χ0v) is 13.9. The van der Waals surface area contributed by atoms with Crippen LogP contribution < -0.4 is 10.0 Å². The maximum absolute atomic E-state index is 12.1. The van der Waals surface area contributed by atoms with Crippen molar-refractivity contribution in [2.24, 2.45) is 5.92 Å². The number of piperidine rings is 1. The smallest absolute Gasteiger partial charge is 0.279 e. The van der Waals surface area contributed by atoms with Gasteiger partial charge in [-0.2, -0.15) is 17.4 Å². The normalized spacial score (nSPS) is 22.1. The largest absolute Gasteiger partial charge is 0.383 e. The maximum atomic E-state index is 12.1. The fraction of sp³-hybridized carbons (Fsp3) is 1.00. The van der Waals surface area contributed by atoms with Crippen molar-refractivity contribution in [3.8, 4) is 0 Å². The average Bonchev–Trinajstić information content (AvgIpc) is 2.36. The molecule has 0 amide bonds. The first-order valence-electron chi connectivity index (χ1n) is 7.23. The topological polar surface area (TPSA) is 70.7 Å². The molecule has 1 rings (SSSR count). The quantitative estimate of drug-likeness (QED) is 0.675. The average molecular weight is 307 g/mol. The summed E-state index contributed by atoms with van der Waals surface area (Å²) in [7, 11) is -1.81. The summed E-state index contributed by atoms with van der Waals surface area (Å²) in [5, 5.41) is 3.45. The molecule has 0 aliphatic carbocycles. The first-order valence-corrected chi connectivity index (χ1v) is 8.67. The van der Waals surface area contributed by atoms with Crippen LogP contribution in [0.1, 0.15) is 33.6 Å². The van der Waals surface area contributed by atoms with Gasteiger partial charge in [0, 0.05) is 32.3 Å². The summed E-state index contributed by atoms with van der Waals surface area (Å²) in [4.78, 5) is 0. The van der Waals surface area contributed by atoms with Crippen molar-refractivity contribution in [1.29, 1.82) is 0 Å². The van der Waals surface area contributed by atoms with Gasteiger partial charge in [0.2, 0.25) is 0 Å². The van der Waals surface area contributed by atoms with Crippen molar-refractivity contribution in [2.75, 3.05) is 39.9 Å². The molecule has 1 heterocycles. The van der Waals surface area contributed by atoms with Crippen molar-refractivity contribution in [3.63, 3.8) is 0 Å². The van der Waals surface area contributed by atoms with E-state index in [2.05, 4.69) is 30.8 Å². The fourth-order valence-electron chi connectivity index (χ4n) is 2.23. The predicted octanol–water partition coefficient (Wildman–Crippen LogP) is 0.567. The number of methoxy groups -OCH3 is 1. The van der Waals surface area contributed by atoms with Gasteiger partial charge in [0.05, 0.1) is 6.61 Å². The molecule has 1 atom stereocenters. The van der Waals surface area contributed by atoms with Gasteiger partial charge in [0.15, 0.2) is 0 Å². The number of nitrogens with zero attached hydrogens (tertiary/aromatic N) is 1.